The van der Waals surface area contributed by atoms with Gasteiger partial charge in [-0.1, -0.05) is 12.5 Å². The molecule has 0 amide bonds. The largest absolute Gasteiger partial charge is 0.276 e. The lowest BCUT2D eigenvalue weighted by atomic mass is 9.79. The van der Waals surface area contributed by atoms with Crippen LogP contribution in [0.4, 0.5) is 0 Å². The lowest BCUT2D eigenvalue weighted by Crippen LogP contribution is -2.12. The molecule has 0 bridgehead atoms. The fourth-order valence-corrected chi connectivity index (χ4v) is 4.31. The van der Waals surface area contributed by atoms with Crippen LogP contribution in [0.2, 0.25) is 0 Å². The fourth-order valence-electron chi connectivity index (χ4n) is 2.64. The molecule has 0 N–H and O–H groups in total. The zero-order valence-electron chi connectivity index (χ0n) is 11.2. The van der Waals surface area contributed by atoms with E-state index in [1.165, 1.54) is 48.3 Å². The number of carbonyl (C=O) groups is 1. The molecule has 1 aromatic carbocycles. The van der Waals surface area contributed by atoms with Gasteiger partial charge in [-0.15, -0.1) is 11.8 Å². The molecule has 2 saturated carbocycles. The molecule has 0 unspecified atom stereocenters. The Kier molecular flexibility index (Phi) is 3.91. The van der Waals surface area contributed by atoms with Crippen LogP contribution in [0.1, 0.15) is 59.5 Å². The molecular weight excluding hydrogens is 276 g/mol. The molecule has 102 valence electrons. The molecule has 0 spiro atoms. The van der Waals surface area contributed by atoms with E-state index in [9.17, 15) is 4.79 Å². The van der Waals surface area contributed by atoms with Gasteiger partial charge in [-0.2, -0.15) is 0 Å². The van der Waals surface area contributed by atoms with E-state index in [0.29, 0.717) is 11.5 Å². The summed E-state index contributed by atoms with van der Waals surface area (Å²) in [7, 11) is 0. The molecule has 0 heterocycles. The predicted molar refractivity (Wildman–Crippen MR) is 81.4 cm³/mol. The standard InChI is InChI=1S/C16H19ClOS/c1-10-13(16(17)18)7-8-14(12-3-2-4-12)15(10)19-9-11-5-6-11/h7-8,11-12H,2-6,9H2,1H3. The topological polar surface area (TPSA) is 17.1 Å². The maximum atomic E-state index is 11.5. The van der Waals surface area contributed by atoms with Gasteiger partial charge in [-0.25, -0.2) is 0 Å². The Morgan fingerprint density at radius 2 is 2.05 bits per heavy atom. The second-order valence-corrected chi connectivity index (χ2v) is 7.19. The first-order valence-corrected chi connectivity index (χ1v) is 8.49. The Morgan fingerprint density at radius 3 is 2.58 bits per heavy atom. The molecule has 1 nitrogen and oxygen atoms in total. The molecule has 0 aliphatic heterocycles. The summed E-state index contributed by atoms with van der Waals surface area (Å²) < 4.78 is 0. The average Bonchev–Trinajstić information content (AvgIpc) is 3.09. The first-order valence-electron chi connectivity index (χ1n) is 7.13. The molecule has 0 atom stereocenters. The summed E-state index contributed by atoms with van der Waals surface area (Å²) in [6.07, 6.45) is 6.68. The van der Waals surface area contributed by atoms with Gasteiger partial charge in [-0.3, -0.25) is 4.79 Å². The average molecular weight is 295 g/mol. The van der Waals surface area contributed by atoms with E-state index < -0.39 is 0 Å². The highest BCUT2D eigenvalue weighted by atomic mass is 35.5. The molecule has 2 fully saturated rings. The Hall–Kier alpha value is -0.470. The fraction of sp³-hybridized carbons (Fsp3) is 0.562. The SMILES string of the molecule is Cc1c(C(=O)Cl)ccc(C2CCC2)c1SCC1CC1. The minimum atomic E-state index is -0.328. The van der Waals surface area contributed by atoms with Gasteiger partial charge in [0.05, 0.1) is 0 Å². The van der Waals surface area contributed by atoms with Crippen LogP contribution < -0.4 is 0 Å². The minimum Gasteiger partial charge on any atom is -0.276 e. The number of thioether (sulfide) groups is 1. The number of hydrogen-bond donors (Lipinski definition) is 0. The summed E-state index contributed by atoms with van der Waals surface area (Å²) in [5.74, 6) is 2.80. The lowest BCUT2D eigenvalue weighted by Gasteiger charge is -2.29. The van der Waals surface area contributed by atoms with E-state index in [0.717, 1.165) is 11.5 Å². The van der Waals surface area contributed by atoms with E-state index in [2.05, 4.69) is 6.07 Å². The summed E-state index contributed by atoms with van der Waals surface area (Å²) in [6, 6.07) is 4.06. The summed E-state index contributed by atoms with van der Waals surface area (Å²) in [5.41, 5.74) is 3.23. The van der Waals surface area contributed by atoms with Crippen molar-refractivity contribution in [3.63, 3.8) is 0 Å². The third-order valence-corrected chi connectivity index (χ3v) is 6.03. The van der Waals surface area contributed by atoms with Crippen LogP contribution in [0.25, 0.3) is 0 Å². The number of halogens is 1. The van der Waals surface area contributed by atoms with Gasteiger partial charge in [0.2, 0.25) is 0 Å². The normalized spacial score (nSPS) is 19.3. The molecule has 2 aliphatic rings. The first-order chi connectivity index (χ1) is 9.16. The highest BCUT2D eigenvalue weighted by molar-refractivity contribution is 7.99. The minimum absolute atomic E-state index is 0.328. The van der Waals surface area contributed by atoms with Crippen molar-refractivity contribution in [1.29, 1.82) is 0 Å². The maximum absolute atomic E-state index is 11.5. The number of rotatable bonds is 5. The van der Waals surface area contributed by atoms with Crippen molar-refractivity contribution in [1.82, 2.24) is 0 Å². The highest BCUT2D eigenvalue weighted by Gasteiger charge is 2.27. The van der Waals surface area contributed by atoms with Crippen LogP contribution in [0.15, 0.2) is 17.0 Å². The summed E-state index contributed by atoms with van der Waals surface area (Å²) >= 11 is 7.63. The molecule has 19 heavy (non-hydrogen) atoms. The van der Waals surface area contributed by atoms with Crippen LogP contribution in [0.3, 0.4) is 0 Å². The van der Waals surface area contributed by atoms with E-state index in [-0.39, 0.29) is 5.24 Å². The molecule has 0 aromatic heterocycles. The van der Waals surface area contributed by atoms with Crippen LogP contribution in [-0.2, 0) is 0 Å². The van der Waals surface area contributed by atoms with Crippen LogP contribution in [-0.4, -0.2) is 11.0 Å². The second kappa shape index (κ2) is 5.49. The third-order valence-electron chi connectivity index (χ3n) is 4.35. The van der Waals surface area contributed by atoms with E-state index in [1.807, 2.05) is 24.8 Å². The summed E-state index contributed by atoms with van der Waals surface area (Å²) in [6.45, 7) is 2.05. The van der Waals surface area contributed by atoms with Gasteiger partial charge in [0, 0.05) is 16.2 Å². The van der Waals surface area contributed by atoms with E-state index in [4.69, 9.17) is 11.6 Å². The predicted octanol–water partition coefficient (Wildman–Crippen LogP) is 5.14. The number of benzene rings is 1. The number of hydrogen-bond acceptors (Lipinski definition) is 2. The van der Waals surface area contributed by atoms with Gasteiger partial charge in [-0.05, 0) is 73.2 Å². The van der Waals surface area contributed by atoms with Gasteiger partial charge in [0.1, 0.15) is 0 Å². The smallest absolute Gasteiger partial charge is 0.252 e. The van der Waals surface area contributed by atoms with Crippen molar-refractivity contribution in [2.75, 3.05) is 5.75 Å². The van der Waals surface area contributed by atoms with Gasteiger partial charge < -0.3 is 0 Å². The van der Waals surface area contributed by atoms with Crippen molar-refractivity contribution >= 4 is 28.6 Å². The Bertz CT molecular complexity index is 504. The zero-order chi connectivity index (χ0) is 13.4. The lowest BCUT2D eigenvalue weighted by molar-refractivity contribution is 0.108. The molecular formula is C16H19ClOS. The third kappa shape index (κ3) is 2.85. The summed E-state index contributed by atoms with van der Waals surface area (Å²) in [4.78, 5) is 12.8. The molecule has 1 aromatic rings. The van der Waals surface area contributed by atoms with Gasteiger partial charge in [0.15, 0.2) is 0 Å². The molecule has 3 heteroatoms. The number of carbonyl (C=O) groups excluding carboxylic acids is 1. The quantitative estimate of drug-likeness (QED) is 0.552. The monoisotopic (exact) mass is 294 g/mol. The van der Waals surface area contributed by atoms with Gasteiger partial charge in [0.25, 0.3) is 5.24 Å². The Labute approximate surface area is 124 Å². The van der Waals surface area contributed by atoms with Crippen LogP contribution in [0, 0.1) is 12.8 Å². The molecule has 0 radical (unpaired) electrons. The van der Waals surface area contributed by atoms with Crippen molar-refractivity contribution in [2.45, 2.75) is 49.8 Å². The highest BCUT2D eigenvalue weighted by Crippen LogP contribution is 2.44. The Balaban J connectivity index is 1.92. The van der Waals surface area contributed by atoms with Crippen molar-refractivity contribution < 1.29 is 4.79 Å². The van der Waals surface area contributed by atoms with Crippen LogP contribution in [0.5, 0.6) is 0 Å². The maximum Gasteiger partial charge on any atom is 0.252 e. The van der Waals surface area contributed by atoms with Crippen LogP contribution >= 0.6 is 23.4 Å². The Morgan fingerprint density at radius 1 is 1.32 bits per heavy atom. The van der Waals surface area contributed by atoms with Gasteiger partial charge >= 0.3 is 0 Å². The summed E-state index contributed by atoms with van der Waals surface area (Å²) in [5, 5.41) is -0.328. The van der Waals surface area contributed by atoms with Crippen molar-refractivity contribution in [3.05, 3.63) is 28.8 Å². The first kappa shape index (κ1) is 13.5. The van der Waals surface area contributed by atoms with E-state index in [1.54, 1.807) is 0 Å². The van der Waals surface area contributed by atoms with E-state index >= 15 is 0 Å². The van der Waals surface area contributed by atoms with Crippen molar-refractivity contribution in [2.24, 2.45) is 5.92 Å². The molecule has 0 saturated heterocycles. The molecule has 2 aliphatic carbocycles. The molecule has 3 rings (SSSR count). The van der Waals surface area contributed by atoms with Crippen molar-refractivity contribution in [3.8, 4) is 0 Å². The zero-order valence-corrected chi connectivity index (χ0v) is 12.8. The second-order valence-electron chi connectivity index (χ2n) is 5.81.